The minimum absolute atomic E-state index is 0. The molecule has 1 saturated heterocycles. The summed E-state index contributed by atoms with van der Waals surface area (Å²) in [7, 11) is 1.86. The summed E-state index contributed by atoms with van der Waals surface area (Å²) in [5, 5.41) is 3.17. The van der Waals surface area contributed by atoms with E-state index in [9.17, 15) is 4.79 Å². The Morgan fingerprint density at radius 3 is 2.59 bits per heavy atom. The minimum atomic E-state index is 0. The van der Waals surface area contributed by atoms with Crippen LogP contribution in [0, 0.1) is 6.92 Å². The molecule has 1 fully saturated rings. The Balaban J connectivity index is 0.00000144. The third-order valence-electron chi connectivity index (χ3n) is 3.05. The highest BCUT2D eigenvalue weighted by molar-refractivity contribution is 9.10. The van der Waals surface area contributed by atoms with Crippen LogP contribution in [0.3, 0.4) is 0 Å². The normalized spacial score (nSPS) is 14.8. The number of rotatable bonds is 2. The number of likely N-dealkylation sites (N-methyl/N-ethyl adjacent to an activating group) is 1. The van der Waals surface area contributed by atoms with Crippen LogP contribution in [0.2, 0.25) is 0 Å². The maximum Gasteiger partial charge on any atom is 0.253 e. The molecule has 1 amide bonds. The van der Waals surface area contributed by atoms with E-state index in [1.54, 1.807) is 0 Å². The number of amides is 1. The number of carbonyl (C=O) groups is 1. The fraction of sp³-hybridized carbons (Fsp3) is 0.417. The van der Waals surface area contributed by atoms with Crippen LogP contribution < -0.4 is 5.32 Å². The van der Waals surface area contributed by atoms with Gasteiger partial charge in [-0.3, -0.25) is 4.79 Å². The quantitative estimate of drug-likeness (QED) is 0.906. The van der Waals surface area contributed by atoms with Crippen LogP contribution in [-0.4, -0.2) is 37.0 Å². The van der Waals surface area contributed by atoms with E-state index in [2.05, 4.69) is 21.2 Å². The fourth-order valence-electron chi connectivity index (χ4n) is 1.64. The second-order valence-corrected chi connectivity index (χ2v) is 5.05. The summed E-state index contributed by atoms with van der Waals surface area (Å²) in [5.74, 6) is 0.0900. The number of nitrogens with zero attached hydrogens (tertiary/aromatic N) is 1. The number of nitrogens with one attached hydrogen (secondary N) is 1. The molecule has 1 heterocycles. The van der Waals surface area contributed by atoms with Gasteiger partial charge in [0.2, 0.25) is 0 Å². The van der Waals surface area contributed by atoms with Gasteiger partial charge in [0, 0.05) is 30.2 Å². The van der Waals surface area contributed by atoms with Gasteiger partial charge in [-0.2, -0.15) is 0 Å². The molecule has 5 heteroatoms. The van der Waals surface area contributed by atoms with Gasteiger partial charge >= 0.3 is 0 Å². The lowest BCUT2D eigenvalue weighted by atomic mass is 10.1. The molecule has 1 N–H and O–H groups in total. The van der Waals surface area contributed by atoms with Gasteiger partial charge in [-0.15, -0.1) is 12.4 Å². The molecule has 0 aliphatic carbocycles. The summed E-state index contributed by atoms with van der Waals surface area (Å²) in [4.78, 5) is 13.9. The molecule has 0 spiro atoms. The first-order valence-electron chi connectivity index (χ1n) is 5.33. The predicted octanol–water partition coefficient (Wildman–Crippen LogP) is 2.22. The van der Waals surface area contributed by atoms with Crippen molar-refractivity contribution in [1.82, 2.24) is 10.2 Å². The van der Waals surface area contributed by atoms with Crippen LogP contribution in [-0.2, 0) is 0 Å². The average molecular weight is 320 g/mol. The molecular weight excluding hydrogens is 304 g/mol. The second kappa shape index (κ2) is 5.85. The molecule has 1 aliphatic rings. The van der Waals surface area contributed by atoms with Gasteiger partial charge in [-0.05, 0) is 24.6 Å². The Labute approximate surface area is 116 Å². The SMILES string of the molecule is Cc1ccc(C(=O)N(C)C2CNC2)cc1Br.Cl. The molecule has 2 rings (SSSR count). The first-order valence-corrected chi connectivity index (χ1v) is 6.13. The van der Waals surface area contributed by atoms with E-state index in [0.29, 0.717) is 6.04 Å². The second-order valence-electron chi connectivity index (χ2n) is 4.19. The van der Waals surface area contributed by atoms with Crippen LogP contribution in [0.5, 0.6) is 0 Å². The maximum absolute atomic E-state index is 12.1. The first kappa shape index (κ1) is 14.5. The molecular formula is C12H16BrClN2O. The molecule has 94 valence electrons. The number of benzene rings is 1. The van der Waals surface area contributed by atoms with Crippen molar-refractivity contribution in [3.05, 3.63) is 33.8 Å². The van der Waals surface area contributed by atoms with Gasteiger partial charge in [0.05, 0.1) is 6.04 Å². The van der Waals surface area contributed by atoms with Crippen LogP contribution in [0.1, 0.15) is 15.9 Å². The van der Waals surface area contributed by atoms with E-state index in [4.69, 9.17) is 0 Å². The topological polar surface area (TPSA) is 32.3 Å². The van der Waals surface area contributed by atoms with Crippen molar-refractivity contribution in [1.29, 1.82) is 0 Å². The summed E-state index contributed by atoms with van der Waals surface area (Å²) in [5.41, 5.74) is 1.89. The highest BCUT2D eigenvalue weighted by Gasteiger charge is 2.25. The standard InChI is InChI=1S/C12H15BrN2O.ClH/c1-8-3-4-9(5-11(8)13)12(16)15(2)10-6-14-7-10;/h3-5,10,14H,6-7H2,1-2H3;1H. The van der Waals surface area contributed by atoms with E-state index in [1.807, 2.05) is 37.1 Å². The largest absolute Gasteiger partial charge is 0.336 e. The van der Waals surface area contributed by atoms with Crippen LogP contribution in [0.25, 0.3) is 0 Å². The van der Waals surface area contributed by atoms with Crippen LogP contribution >= 0.6 is 28.3 Å². The van der Waals surface area contributed by atoms with Crippen molar-refractivity contribution in [2.75, 3.05) is 20.1 Å². The smallest absolute Gasteiger partial charge is 0.253 e. The Kier molecular flexibility index (Phi) is 4.98. The number of hydrogen-bond acceptors (Lipinski definition) is 2. The highest BCUT2D eigenvalue weighted by atomic mass is 79.9. The molecule has 17 heavy (non-hydrogen) atoms. The van der Waals surface area contributed by atoms with Crippen LogP contribution in [0.15, 0.2) is 22.7 Å². The summed E-state index contributed by atoms with van der Waals surface area (Å²) in [6.45, 7) is 3.81. The van der Waals surface area contributed by atoms with Crippen molar-refractivity contribution in [2.45, 2.75) is 13.0 Å². The molecule has 0 aromatic heterocycles. The van der Waals surface area contributed by atoms with Crippen molar-refractivity contribution >= 4 is 34.2 Å². The van der Waals surface area contributed by atoms with Crippen molar-refractivity contribution < 1.29 is 4.79 Å². The lowest BCUT2D eigenvalue weighted by Crippen LogP contribution is -2.57. The molecule has 0 saturated carbocycles. The Bertz CT molecular complexity index is 421. The van der Waals surface area contributed by atoms with E-state index in [1.165, 1.54) is 0 Å². The van der Waals surface area contributed by atoms with Gasteiger partial charge < -0.3 is 10.2 Å². The van der Waals surface area contributed by atoms with Crippen molar-refractivity contribution in [3.63, 3.8) is 0 Å². The molecule has 1 aromatic carbocycles. The molecule has 0 bridgehead atoms. The fourth-order valence-corrected chi connectivity index (χ4v) is 2.02. The van der Waals surface area contributed by atoms with Gasteiger partial charge in [0.25, 0.3) is 5.91 Å². The maximum atomic E-state index is 12.1. The number of hydrogen-bond donors (Lipinski definition) is 1. The molecule has 3 nitrogen and oxygen atoms in total. The number of aryl methyl sites for hydroxylation is 1. The molecule has 1 aromatic rings. The Morgan fingerprint density at radius 2 is 2.12 bits per heavy atom. The number of halogens is 2. The molecule has 0 radical (unpaired) electrons. The third kappa shape index (κ3) is 3.00. The van der Waals surface area contributed by atoms with Gasteiger partial charge in [-0.25, -0.2) is 0 Å². The lowest BCUT2D eigenvalue weighted by Gasteiger charge is -2.35. The van der Waals surface area contributed by atoms with Gasteiger partial charge in [-0.1, -0.05) is 22.0 Å². The zero-order valence-electron chi connectivity index (χ0n) is 9.87. The lowest BCUT2D eigenvalue weighted by molar-refractivity contribution is 0.0681. The number of carbonyl (C=O) groups excluding carboxylic acids is 1. The predicted molar refractivity (Wildman–Crippen MR) is 74.9 cm³/mol. The molecule has 0 atom stereocenters. The first-order chi connectivity index (χ1) is 7.59. The summed E-state index contributed by atoms with van der Waals surface area (Å²) in [6.07, 6.45) is 0. The Hall–Kier alpha value is -0.580. The van der Waals surface area contributed by atoms with E-state index >= 15 is 0 Å². The van der Waals surface area contributed by atoms with E-state index in [-0.39, 0.29) is 18.3 Å². The third-order valence-corrected chi connectivity index (χ3v) is 3.90. The summed E-state index contributed by atoms with van der Waals surface area (Å²) < 4.78 is 0.985. The zero-order chi connectivity index (χ0) is 11.7. The monoisotopic (exact) mass is 318 g/mol. The van der Waals surface area contributed by atoms with E-state index in [0.717, 1.165) is 28.7 Å². The highest BCUT2D eigenvalue weighted by Crippen LogP contribution is 2.19. The summed E-state index contributed by atoms with van der Waals surface area (Å²) >= 11 is 3.45. The molecule has 1 aliphatic heterocycles. The van der Waals surface area contributed by atoms with Crippen LogP contribution in [0.4, 0.5) is 0 Å². The zero-order valence-corrected chi connectivity index (χ0v) is 12.3. The summed E-state index contributed by atoms with van der Waals surface area (Å²) in [6, 6.07) is 6.07. The van der Waals surface area contributed by atoms with Crippen molar-refractivity contribution in [3.8, 4) is 0 Å². The van der Waals surface area contributed by atoms with Gasteiger partial charge in [0.1, 0.15) is 0 Å². The Morgan fingerprint density at radius 1 is 1.47 bits per heavy atom. The van der Waals surface area contributed by atoms with Crippen molar-refractivity contribution in [2.24, 2.45) is 0 Å². The van der Waals surface area contributed by atoms with E-state index < -0.39 is 0 Å². The minimum Gasteiger partial charge on any atom is -0.336 e. The van der Waals surface area contributed by atoms with Gasteiger partial charge in [0.15, 0.2) is 0 Å². The average Bonchev–Trinajstić information content (AvgIpc) is 2.18. The molecule has 0 unspecified atom stereocenters.